The van der Waals surface area contributed by atoms with Gasteiger partial charge in [-0.05, 0) is 43.3 Å². The molecule has 4 heterocycles. The number of amides is 1. The Balaban J connectivity index is 1.46. The molecule has 0 saturated carbocycles. The molecule has 4 nitrogen and oxygen atoms in total. The van der Waals surface area contributed by atoms with E-state index in [4.69, 9.17) is 4.42 Å². The number of carbonyl (C=O) groups excluding carboxylic acids is 1. The molecule has 22 heavy (non-hydrogen) atoms. The van der Waals surface area contributed by atoms with Crippen molar-refractivity contribution < 1.29 is 9.21 Å². The molecule has 2 aliphatic rings. The van der Waals surface area contributed by atoms with Crippen molar-refractivity contribution in [1.82, 2.24) is 9.80 Å². The number of likely N-dealkylation sites (tertiary alicyclic amines) is 2. The first-order chi connectivity index (χ1) is 10.7. The molecule has 4 rings (SSSR count). The molecule has 0 aliphatic carbocycles. The van der Waals surface area contributed by atoms with Gasteiger partial charge in [-0.25, -0.2) is 0 Å². The van der Waals surface area contributed by atoms with E-state index in [1.54, 1.807) is 11.3 Å². The van der Waals surface area contributed by atoms with E-state index in [1.165, 1.54) is 0 Å². The van der Waals surface area contributed by atoms with Crippen LogP contribution in [0.1, 0.15) is 34.7 Å². The summed E-state index contributed by atoms with van der Waals surface area (Å²) in [5, 5.41) is 3.93. The third kappa shape index (κ3) is 2.38. The highest BCUT2D eigenvalue weighted by Gasteiger charge is 2.44. The van der Waals surface area contributed by atoms with Crippen LogP contribution in [0.2, 0.25) is 0 Å². The molecule has 5 heteroatoms. The first kappa shape index (κ1) is 14.0. The van der Waals surface area contributed by atoms with Crippen LogP contribution in [0, 0.1) is 6.92 Å². The van der Waals surface area contributed by atoms with Crippen molar-refractivity contribution in [3.63, 3.8) is 0 Å². The second kappa shape index (κ2) is 5.56. The molecule has 2 aliphatic heterocycles. The highest BCUT2D eigenvalue weighted by atomic mass is 32.1. The predicted octanol–water partition coefficient (Wildman–Crippen LogP) is 3.14. The minimum atomic E-state index is 0.199. The van der Waals surface area contributed by atoms with E-state index in [0.29, 0.717) is 12.1 Å². The average molecular weight is 316 g/mol. The summed E-state index contributed by atoms with van der Waals surface area (Å²) in [6.45, 7) is 4.75. The van der Waals surface area contributed by atoms with Crippen LogP contribution < -0.4 is 0 Å². The number of hydrogen-bond donors (Lipinski definition) is 0. The van der Waals surface area contributed by atoms with Crippen LogP contribution in [0.4, 0.5) is 0 Å². The molecule has 2 aromatic rings. The lowest BCUT2D eigenvalue weighted by Crippen LogP contribution is -2.39. The van der Waals surface area contributed by atoms with E-state index >= 15 is 0 Å². The van der Waals surface area contributed by atoms with Crippen molar-refractivity contribution in [1.29, 1.82) is 0 Å². The molecule has 2 fully saturated rings. The number of nitrogens with zero attached hydrogens (tertiary/aromatic N) is 2. The zero-order valence-electron chi connectivity index (χ0n) is 12.7. The summed E-state index contributed by atoms with van der Waals surface area (Å²) in [6, 6.07) is 6.85. The van der Waals surface area contributed by atoms with Crippen LogP contribution in [-0.2, 0) is 6.54 Å². The third-order valence-corrected chi connectivity index (χ3v) is 5.56. The van der Waals surface area contributed by atoms with E-state index in [-0.39, 0.29) is 5.91 Å². The van der Waals surface area contributed by atoms with Gasteiger partial charge in [0.15, 0.2) is 0 Å². The molecule has 2 aromatic heterocycles. The molecule has 0 aromatic carbocycles. The van der Waals surface area contributed by atoms with E-state index in [1.807, 2.05) is 29.8 Å². The van der Waals surface area contributed by atoms with Gasteiger partial charge in [0, 0.05) is 30.6 Å². The molecule has 0 unspecified atom stereocenters. The molecule has 0 bridgehead atoms. The zero-order chi connectivity index (χ0) is 15.1. The Morgan fingerprint density at radius 1 is 1.27 bits per heavy atom. The van der Waals surface area contributed by atoms with Gasteiger partial charge in [-0.2, -0.15) is 11.3 Å². The molecular formula is C17H20N2O2S. The largest absolute Gasteiger partial charge is 0.465 e. The second-order valence-corrected chi connectivity index (χ2v) is 6.99. The molecular weight excluding hydrogens is 296 g/mol. The average Bonchev–Trinajstić information content (AvgIpc) is 3.24. The fourth-order valence-electron chi connectivity index (χ4n) is 3.85. The van der Waals surface area contributed by atoms with Gasteiger partial charge in [0.25, 0.3) is 5.91 Å². The molecule has 0 spiro atoms. The topological polar surface area (TPSA) is 36.7 Å². The normalized spacial score (nSPS) is 24.9. The maximum absolute atomic E-state index is 12.6. The molecule has 1 amide bonds. The fourth-order valence-corrected chi connectivity index (χ4v) is 4.48. The maximum Gasteiger partial charge on any atom is 0.255 e. The number of rotatable bonds is 3. The number of thiophene rings is 1. The first-order valence-electron chi connectivity index (χ1n) is 7.85. The predicted molar refractivity (Wildman–Crippen MR) is 86.0 cm³/mol. The van der Waals surface area contributed by atoms with E-state index in [0.717, 1.165) is 49.6 Å². The van der Waals surface area contributed by atoms with Crippen LogP contribution in [-0.4, -0.2) is 40.9 Å². The quantitative estimate of drug-likeness (QED) is 0.873. The van der Waals surface area contributed by atoms with Gasteiger partial charge in [0.1, 0.15) is 11.5 Å². The Morgan fingerprint density at radius 2 is 2.14 bits per heavy atom. The maximum atomic E-state index is 12.6. The van der Waals surface area contributed by atoms with Crippen molar-refractivity contribution in [2.24, 2.45) is 0 Å². The number of fused-ring (bicyclic) bond motifs is 1. The standard InChI is InChI=1S/C17H20N2O2S/c1-12-2-3-14(21-12)10-18-7-4-16-15(18)5-8-19(16)17(20)13-6-9-22-11-13/h2-3,6,9,11,15-16H,4-5,7-8,10H2,1H3/t15-,16+/m0/s1. The summed E-state index contributed by atoms with van der Waals surface area (Å²) in [6.07, 6.45) is 2.14. The van der Waals surface area contributed by atoms with Gasteiger partial charge < -0.3 is 9.32 Å². The minimum Gasteiger partial charge on any atom is -0.465 e. The number of aryl methyl sites for hydroxylation is 1. The fraction of sp³-hybridized carbons (Fsp3) is 0.471. The van der Waals surface area contributed by atoms with Crippen LogP contribution >= 0.6 is 11.3 Å². The van der Waals surface area contributed by atoms with Gasteiger partial charge in [-0.15, -0.1) is 0 Å². The van der Waals surface area contributed by atoms with Crippen molar-refractivity contribution in [2.75, 3.05) is 13.1 Å². The van der Waals surface area contributed by atoms with Gasteiger partial charge in [0.05, 0.1) is 12.1 Å². The Bertz CT molecular complexity index is 664. The number of hydrogen-bond acceptors (Lipinski definition) is 4. The van der Waals surface area contributed by atoms with Crippen molar-refractivity contribution in [3.05, 3.63) is 46.0 Å². The summed E-state index contributed by atoms with van der Waals surface area (Å²) in [7, 11) is 0. The first-order valence-corrected chi connectivity index (χ1v) is 8.79. The minimum absolute atomic E-state index is 0.199. The highest BCUT2D eigenvalue weighted by molar-refractivity contribution is 7.08. The Kier molecular flexibility index (Phi) is 3.54. The zero-order valence-corrected chi connectivity index (χ0v) is 13.5. The Morgan fingerprint density at radius 3 is 2.86 bits per heavy atom. The SMILES string of the molecule is Cc1ccc(CN2CC[C@@H]3[C@@H]2CCN3C(=O)c2ccsc2)o1. The lowest BCUT2D eigenvalue weighted by molar-refractivity contribution is 0.0732. The van der Waals surface area contributed by atoms with E-state index in [9.17, 15) is 4.79 Å². The summed E-state index contributed by atoms with van der Waals surface area (Å²) in [4.78, 5) is 17.2. The Hall–Kier alpha value is -1.59. The van der Waals surface area contributed by atoms with Gasteiger partial charge in [0.2, 0.25) is 0 Å². The van der Waals surface area contributed by atoms with Crippen LogP contribution in [0.5, 0.6) is 0 Å². The van der Waals surface area contributed by atoms with Crippen molar-refractivity contribution >= 4 is 17.2 Å². The van der Waals surface area contributed by atoms with E-state index < -0.39 is 0 Å². The third-order valence-electron chi connectivity index (χ3n) is 4.88. The summed E-state index contributed by atoms with van der Waals surface area (Å²) >= 11 is 1.59. The van der Waals surface area contributed by atoms with Gasteiger partial charge >= 0.3 is 0 Å². The molecule has 2 atom stereocenters. The number of carbonyl (C=O) groups is 1. The van der Waals surface area contributed by atoms with Gasteiger partial charge in [-0.1, -0.05) is 0 Å². The van der Waals surface area contributed by atoms with Crippen molar-refractivity contribution in [2.45, 2.75) is 38.4 Å². The monoisotopic (exact) mass is 316 g/mol. The smallest absolute Gasteiger partial charge is 0.255 e. The molecule has 116 valence electrons. The van der Waals surface area contributed by atoms with Crippen molar-refractivity contribution in [3.8, 4) is 0 Å². The van der Waals surface area contributed by atoms with Gasteiger partial charge in [-0.3, -0.25) is 9.69 Å². The lowest BCUT2D eigenvalue weighted by Gasteiger charge is -2.25. The molecule has 0 radical (unpaired) electrons. The molecule has 0 N–H and O–H groups in total. The number of furan rings is 1. The second-order valence-electron chi connectivity index (χ2n) is 6.21. The summed E-state index contributed by atoms with van der Waals surface area (Å²) in [5.74, 6) is 2.19. The lowest BCUT2D eigenvalue weighted by atomic mass is 10.1. The van der Waals surface area contributed by atoms with Crippen LogP contribution in [0.15, 0.2) is 33.4 Å². The highest BCUT2D eigenvalue weighted by Crippen LogP contribution is 2.33. The van der Waals surface area contributed by atoms with Crippen LogP contribution in [0.25, 0.3) is 0 Å². The molecule has 2 saturated heterocycles. The van der Waals surface area contributed by atoms with Crippen LogP contribution in [0.3, 0.4) is 0 Å². The van der Waals surface area contributed by atoms with E-state index in [2.05, 4.69) is 15.9 Å². The summed E-state index contributed by atoms with van der Waals surface area (Å²) in [5.41, 5.74) is 0.839. The Labute approximate surface area is 134 Å². The summed E-state index contributed by atoms with van der Waals surface area (Å²) < 4.78 is 5.71.